The number of amides is 2. The fourth-order valence-electron chi connectivity index (χ4n) is 4.93. The number of halogens is 1. The first-order valence-electron chi connectivity index (χ1n) is 11.5. The molecule has 2 heterocycles. The number of benzene rings is 2. The lowest BCUT2D eigenvalue weighted by atomic mass is 9.87. The van der Waals surface area contributed by atoms with Crippen LogP contribution in [0.2, 0.25) is 0 Å². The van der Waals surface area contributed by atoms with Crippen LogP contribution >= 0.6 is 0 Å². The molecule has 2 amide bonds. The Balaban J connectivity index is 1.61. The molecule has 178 valence electrons. The van der Waals surface area contributed by atoms with Crippen molar-refractivity contribution in [1.29, 1.82) is 0 Å². The van der Waals surface area contributed by atoms with E-state index >= 15 is 0 Å². The Morgan fingerprint density at radius 3 is 2.68 bits per heavy atom. The molecule has 2 aliphatic heterocycles. The molecule has 0 unspecified atom stereocenters. The Morgan fingerprint density at radius 2 is 1.97 bits per heavy atom. The average molecular weight is 466 g/mol. The highest BCUT2D eigenvalue weighted by Crippen LogP contribution is 2.36. The highest BCUT2D eigenvalue weighted by Gasteiger charge is 2.41. The molecular weight excluding hydrogens is 437 g/mol. The third kappa shape index (κ3) is 4.62. The first-order valence-corrected chi connectivity index (χ1v) is 11.5. The number of likely N-dealkylation sites (N-methyl/N-ethyl adjacent to an activating group) is 1. The maximum Gasteiger partial charge on any atom is 0.252 e. The van der Waals surface area contributed by atoms with Crippen molar-refractivity contribution in [3.8, 4) is 0 Å². The van der Waals surface area contributed by atoms with E-state index < -0.39 is 18.2 Å². The molecule has 0 N–H and O–H groups in total. The molecule has 2 aromatic carbocycles. The second kappa shape index (κ2) is 10.2. The summed E-state index contributed by atoms with van der Waals surface area (Å²) in [5.41, 5.74) is 12.1. The van der Waals surface area contributed by atoms with E-state index in [-0.39, 0.29) is 36.7 Å². The van der Waals surface area contributed by atoms with Crippen molar-refractivity contribution in [3.63, 3.8) is 0 Å². The van der Waals surface area contributed by atoms with Crippen LogP contribution in [0.1, 0.15) is 42.5 Å². The zero-order chi connectivity index (χ0) is 24.2. The lowest BCUT2D eigenvalue weighted by molar-refractivity contribution is -0.154. The number of azide groups is 1. The van der Waals surface area contributed by atoms with E-state index in [1.165, 1.54) is 12.1 Å². The maximum absolute atomic E-state index is 13.7. The standard InChI is InChI=1S/C25H28FN5O3/c1-3-23(32)30(2)21-15-34-22(14-20(21)28-29-27)25(33)31-13-12-16-6-4-5-7-19(16)24(31)17-8-10-18(26)11-9-17/h4-11,20-22,24H,3,12-15H2,1-2H3/t20-,21-,22+,24-/m0/s1. The van der Waals surface area contributed by atoms with Gasteiger partial charge in [0.2, 0.25) is 5.91 Å². The Morgan fingerprint density at radius 1 is 1.24 bits per heavy atom. The third-order valence-electron chi connectivity index (χ3n) is 6.79. The summed E-state index contributed by atoms with van der Waals surface area (Å²) in [5.74, 6) is -0.624. The van der Waals surface area contributed by atoms with Crippen LogP contribution in [0.3, 0.4) is 0 Å². The van der Waals surface area contributed by atoms with E-state index in [2.05, 4.69) is 10.0 Å². The van der Waals surface area contributed by atoms with Crippen molar-refractivity contribution in [2.24, 2.45) is 5.11 Å². The molecule has 0 aromatic heterocycles. The van der Waals surface area contributed by atoms with Crippen LogP contribution in [0.4, 0.5) is 4.39 Å². The molecule has 4 atom stereocenters. The molecule has 2 aromatic rings. The second-order valence-electron chi connectivity index (χ2n) is 8.69. The van der Waals surface area contributed by atoms with Gasteiger partial charge in [-0.05, 0) is 47.2 Å². The molecule has 4 rings (SSSR count). The molecule has 8 nitrogen and oxygen atoms in total. The summed E-state index contributed by atoms with van der Waals surface area (Å²) >= 11 is 0. The largest absolute Gasteiger partial charge is 0.366 e. The number of carbonyl (C=O) groups is 2. The zero-order valence-corrected chi connectivity index (χ0v) is 19.3. The van der Waals surface area contributed by atoms with Gasteiger partial charge >= 0.3 is 0 Å². The first kappa shape index (κ1) is 23.7. The van der Waals surface area contributed by atoms with E-state index in [0.29, 0.717) is 19.4 Å². The van der Waals surface area contributed by atoms with Crippen LogP contribution in [-0.4, -0.2) is 60.0 Å². The predicted octanol–water partition coefficient (Wildman–Crippen LogP) is 4.00. The van der Waals surface area contributed by atoms with E-state index in [0.717, 1.165) is 16.7 Å². The molecule has 0 aliphatic carbocycles. The van der Waals surface area contributed by atoms with Gasteiger partial charge in [-0.3, -0.25) is 9.59 Å². The topological polar surface area (TPSA) is 98.6 Å². The molecule has 0 spiro atoms. The zero-order valence-electron chi connectivity index (χ0n) is 19.3. The van der Waals surface area contributed by atoms with Gasteiger partial charge in [0.25, 0.3) is 5.91 Å². The van der Waals surface area contributed by atoms with E-state index in [9.17, 15) is 14.0 Å². The van der Waals surface area contributed by atoms with Crippen LogP contribution < -0.4 is 0 Å². The van der Waals surface area contributed by atoms with Crippen molar-refractivity contribution < 1.29 is 18.7 Å². The van der Waals surface area contributed by atoms with Gasteiger partial charge in [0.15, 0.2) is 0 Å². The van der Waals surface area contributed by atoms with Crippen molar-refractivity contribution in [2.75, 3.05) is 20.2 Å². The van der Waals surface area contributed by atoms with Crippen molar-refractivity contribution in [2.45, 2.75) is 50.4 Å². The Bertz CT molecular complexity index is 1100. The number of nitrogens with zero attached hydrogens (tertiary/aromatic N) is 5. The summed E-state index contributed by atoms with van der Waals surface area (Å²) in [6.45, 7) is 2.36. The lowest BCUT2D eigenvalue weighted by Gasteiger charge is -2.43. The quantitative estimate of drug-likeness (QED) is 0.379. The highest BCUT2D eigenvalue weighted by atomic mass is 19.1. The number of carbonyl (C=O) groups excluding carboxylic acids is 2. The number of rotatable bonds is 5. The van der Waals surface area contributed by atoms with Gasteiger partial charge in [0.1, 0.15) is 11.9 Å². The molecule has 34 heavy (non-hydrogen) atoms. The van der Waals surface area contributed by atoms with Crippen LogP contribution in [0.5, 0.6) is 0 Å². The molecule has 9 heteroatoms. The molecule has 0 saturated carbocycles. The molecule has 1 fully saturated rings. The third-order valence-corrected chi connectivity index (χ3v) is 6.79. The Hall–Kier alpha value is -3.42. The summed E-state index contributed by atoms with van der Waals surface area (Å²) < 4.78 is 19.6. The van der Waals surface area contributed by atoms with Gasteiger partial charge in [-0.15, -0.1) is 0 Å². The van der Waals surface area contributed by atoms with E-state index in [1.807, 2.05) is 24.3 Å². The van der Waals surface area contributed by atoms with Crippen LogP contribution in [0, 0.1) is 5.82 Å². The summed E-state index contributed by atoms with van der Waals surface area (Å²) in [6, 6.07) is 12.8. The second-order valence-corrected chi connectivity index (χ2v) is 8.69. The van der Waals surface area contributed by atoms with Gasteiger partial charge in [-0.1, -0.05) is 48.4 Å². The molecular formula is C25H28FN5O3. The highest BCUT2D eigenvalue weighted by molar-refractivity contribution is 5.82. The smallest absolute Gasteiger partial charge is 0.252 e. The molecule has 2 aliphatic rings. The van der Waals surface area contributed by atoms with Crippen LogP contribution in [0.25, 0.3) is 10.4 Å². The van der Waals surface area contributed by atoms with Crippen LogP contribution in [0.15, 0.2) is 53.6 Å². The lowest BCUT2D eigenvalue weighted by Crippen LogP contribution is -2.55. The predicted molar refractivity (Wildman–Crippen MR) is 124 cm³/mol. The van der Waals surface area contributed by atoms with Crippen LogP contribution in [-0.2, 0) is 20.7 Å². The average Bonchev–Trinajstić information content (AvgIpc) is 2.87. The molecule has 1 saturated heterocycles. The van der Waals surface area contributed by atoms with Gasteiger partial charge in [0, 0.05) is 24.9 Å². The SMILES string of the molecule is CCC(=O)N(C)[C@H]1CO[C@@H](C(=O)N2CCc3ccccc3[C@@H]2c2ccc(F)cc2)C[C@@H]1N=[N+]=[N-]. The van der Waals surface area contributed by atoms with Crippen molar-refractivity contribution >= 4 is 11.8 Å². The minimum absolute atomic E-state index is 0.0828. The Labute approximate surface area is 197 Å². The van der Waals surface area contributed by atoms with Gasteiger partial charge in [-0.2, -0.15) is 0 Å². The fourth-order valence-corrected chi connectivity index (χ4v) is 4.93. The summed E-state index contributed by atoms with van der Waals surface area (Å²) in [7, 11) is 1.66. The number of hydrogen-bond acceptors (Lipinski definition) is 4. The minimum Gasteiger partial charge on any atom is -0.366 e. The van der Waals surface area contributed by atoms with Crippen molar-refractivity contribution in [1.82, 2.24) is 9.80 Å². The number of hydrogen-bond donors (Lipinski definition) is 0. The maximum atomic E-state index is 13.7. The van der Waals surface area contributed by atoms with E-state index in [1.54, 1.807) is 35.9 Å². The monoisotopic (exact) mass is 465 g/mol. The van der Waals surface area contributed by atoms with Crippen molar-refractivity contribution in [3.05, 3.63) is 81.5 Å². The van der Waals surface area contributed by atoms with Gasteiger partial charge < -0.3 is 14.5 Å². The fraction of sp³-hybridized carbons (Fsp3) is 0.440. The number of ether oxygens (including phenoxy) is 1. The Kier molecular flexibility index (Phi) is 7.14. The van der Waals surface area contributed by atoms with E-state index in [4.69, 9.17) is 10.3 Å². The van der Waals surface area contributed by atoms with Gasteiger partial charge in [-0.25, -0.2) is 4.39 Å². The summed E-state index contributed by atoms with van der Waals surface area (Å²) in [6.07, 6.45) is 0.404. The molecule has 0 radical (unpaired) electrons. The molecule has 0 bridgehead atoms. The normalized spacial score (nSPS) is 24.0. The summed E-state index contributed by atoms with van der Waals surface area (Å²) in [5, 5.41) is 3.90. The minimum atomic E-state index is -0.801. The summed E-state index contributed by atoms with van der Waals surface area (Å²) in [4.78, 5) is 32.2. The first-order chi connectivity index (χ1) is 16.4. The van der Waals surface area contributed by atoms with Gasteiger partial charge in [0.05, 0.1) is 24.7 Å². The number of fused-ring (bicyclic) bond motifs is 1.